The Hall–Kier alpha value is -6.96. The Morgan fingerprint density at radius 1 is 0.500 bits per heavy atom. The maximum atomic E-state index is 12.8. The summed E-state index contributed by atoms with van der Waals surface area (Å²) in [6.07, 6.45) is -3.53. The third-order valence-corrected chi connectivity index (χ3v) is 28.2. The number of aliphatic hydroxyl groups is 6. The zero-order valence-electron chi connectivity index (χ0n) is 58.9. The highest BCUT2D eigenvalue weighted by Gasteiger charge is 2.51. The minimum Gasteiger partial charge on any atom is -0.411 e. The molecule has 98 heavy (non-hydrogen) atoms. The highest BCUT2D eigenvalue weighted by Crippen LogP contribution is 2.47. The SMILES string of the molecule is CC[C@H]1O[C@@H](c2c[nH]c(=O)[nH]c2=O)[C@@H](O[Si](C)(C)C(C)(C)C)C1C.CC[C@H]1O[C@@H](c2cn(Cc3ccccc3)c(=O)[nH]c2=O)[C@@H](O[Si](C)(C)C(C)(C)C)C1C.O=c1[nH]c(=O)n(Cc2ccccc2)cc1[C@@H]1O[C@H](CO)C(O)[C@@H]1O.O=c1[nH]cc([C@@H]2O[C@H](CO)C(O)[C@@H]2O)c(=O)[nH]1.[2H]CF. The predicted octanol–water partition coefficient (Wildman–Crippen LogP) is 3.94. The molecule has 4 saturated heterocycles. The van der Waals surface area contributed by atoms with E-state index in [0.717, 1.165) is 30.2 Å². The second-order valence-corrected chi connectivity index (χ2v) is 37.4. The molecule has 542 valence electrons. The number of halogens is 1. The Balaban J connectivity index is 0.000000209. The normalized spacial score (nSPS) is 27.1. The molecule has 0 bridgehead atoms. The molecule has 0 amide bonds. The van der Waals surface area contributed by atoms with Crippen molar-refractivity contribution in [2.45, 2.75) is 217 Å². The van der Waals surface area contributed by atoms with Crippen molar-refractivity contribution >= 4 is 16.6 Å². The lowest BCUT2D eigenvalue weighted by atomic mass is 9.95. The van der Waals surface area contributed by atoms with Crippen LogP contribution in [0.2, 0.25) is 36.3 Å². The number of aromatic nitrogens is 8. The van der Waals surface area contributed by atoms with Crippen molar-refractivity contribution < 1.29 is 64.2 Å². The summed E-state index contributed by atoms with van der Waals surface area (Å²) in [5.74, 6) is 0.332. The van der Waals surface area contributed by atoms with Crippen LogP contribution in [0.3, 0.4) is 0 Å². The van der Waals surface area contributed by atoms with Crippen molar-refractivity contribution in [3.63, 3.8) is 0 Å². The number of nitrogens with zero attached hydrogens (tertiary/aromatic N) is 2. The summed E-state index contributed by atoms with van der Waals surface area (Å²) in [5, 5.41) is 57.2. The largest absolute Gasteiger partial charge is 0.411 e. The molecule has 0 saturated carbocycles. The van der Waals surface area contributed by atoms with Gasteiger partial charge in [-0.1, -0.05) is 130 Å². The number of ether oxygens (including phenoxy) is 4. The summed E-state index contributed by atoms with van der Waals surface area (Å²) in [4.78, 5) is 109. The first-order chi connectivity index (χ1) is 46.4. The zero-order chi connectivity index (χ0) is 73.8. The van der Waals surface area contributed by atoms with Crippen LogP contribution in [0.4, 0.5) is 4.39 Å². The average molecular weight is 1410 g/mol. The van der Waals surface area contributed by atoms with Gasteiger partial charge in [0.05, 0.1) is 81.5 Å². The molecular weight excluding hydrogens is 1310 g/mol. The number of hydrogen-bond acceptors (Lipinski definition) is 20. The lowest BCUT2D eigenvalue weighted by molar-refractivity contribution is -0.0233. The quantitative estimate of drug-likeness (QED) is 0.0610. The fourth-order valence-electron chi connectivity index (χ4n) is 11.4. The number of alkyl halides is 1. The van der Waals surface area contributed by atoms with Gasteiger partial charge in [0, 0.05) is 36.6 Å². The van der Waals surface area contributed by atoms with E-state index in [0.29, 0.717) is 17.7 Å². The molecule has 4 fully saturated rings. The van der Waals surface area contributed by atoms with Crippen LogP contribution in [0.5, 0.6) is 0 Å². The molecule has 0 spiro atoms. The summed E-state index contributed by atoms with van der Waals surface area (Å²) in [6.45, 7) is 30.1. The second kappa shape index (κ2) is 33.9. The number of nitrogens with one attached hydrogen (secondary N) is 6. The molecule has 31 heteroatoms. The molecule has 2 aromatic carbocycles. The van der Waals surface area contributed by atoms with Gasteiger partial charge in [0.15, 0.2) is 16.6 Å². The van der Waals surface area contributed by atoms with Gasteiger partial charge in [-0.05, 0) is 60.2 Å². The van der Waals surface area contributed by atoms with Gasteiger partial charge >= 0.3 is 22.8 Å². The molecule has 16 atom stereocenters. The van der Waals surface area contributed by atoms with E-state index in [9.17, 15) is 63.2 Å². The van der Waals surface area contributed by atoms with E-state index in [1.54, 1.807) is 10.8 Å². The van der Waals surface area contributed by atoms with Gasteiger partial charge in [-0.25, -0.2) is 19.2 Å². The van der Waals surface area contributed by atoms with Crippen LogP contribution >= 0.6 is 0 Å². The molecule has 0 aliphatic carbocycles. The average Bonchev–Trinajstić information content (AvgIpc) is 1.70. The summed E-state index contributed by atoms with van der Waals surface area (Å²) in [7, 11) is -5.11. The van der Waals surface area contributed by atoms with Crippen LogP contribution in [-0.2, 0) is 40.9 Å². The topological polar surface area (TPSA) is 418 Å². The van der Waals surface area contributed by atoms with Gasteiger partial charge in [-0.3, -0.25) is 52.6 Å². The van der Waals surface area contributed by atoms with Crippen molar-refractivity contribution in [3.05, 3.63) is 202 Å². The standard InChI is InChI=1S/C24H36N2O4Si.C17H30N2O4Si.C16H18N2O6.C9H12N2O6.CH3F/c1-8-19-16(2)20(30-31(6,7)24(3,4)5)21(29-19)18-15-26(23(28)25-22(18)27)14-17-12-10-9-11-13-17;1-8-12-10(2)13(23-24(6,7)17(3,4)5)14(22-12)11-9-18-16(21)19-15(11)20;19-8-11-12(20)13(21)14(24-11)10-7-18(16(23)17-15(10)22)6-9-4-2-1-3-5-9;12-2-4-5(13)6(14)7(17-4)3-1-10-9(16)11-8(3)15;1-2/h9-13,15-16,19-21H,8,14H2,1-7H3,(H,25,27,28);9-10,12-14H,8H2,1-7H3,(H2,18,19,20,21);1-5,7,11-14,19-21H,6,8H2,(H,17,22,23);1,4-7,12-14H,2H2,(H2,10,11,15,16);1H3/t16?,19-,20+,21+;10?,12-,13+,14+;11-,12?,13+,14+;4-,5?,6+,7+;/m1111./s1/i;;;;1D. The van der Waals surface area contributed by atoms with E-state index >= 15 is 0 Å². The third kappa shape index (κ3) is 18.9. The molecule has 4 aromatic heterocycles. The molecule has 28 nitrogen and oxygen atoms in total. The molecule has 0 radical (unpaired) electrons. The molecule has 12 N–H and O–H groups in total. The van der Waals surface area contributed by atoms with Gasteiger partial charge in [0.2, 0.25) is 0 Å². The van der Waals surface area contributed by atoms with Crippen molar-refractivity contribution in [3.8, 4) is 0 Å². The van der Waals surface area contributed by atoms with Crippen LogP contribution in [0, 0.1) is 11.8 Å². The van der Waals surface area contributed by atoms with Crippen molar-refractivity contribution in [2.75, 3.05) is 20.4 Å². The number of aliphatic hydroxyl groups excluding tert-OH is 6. The number of H-pyrrole nitrogens is 6. The first kappa shape index (κ1) is 78.4. The van der Waals surface area contributed by atoms with Crippen LogP contribution in [0.1, 0.15) is 141 Å². The van der Waals surface area contributed by atoms with Gasteiger partial charge in [-0.15, -0.1) is 0 Å². The Morgan fingerprint density at radius 2 is 0.806 bits per heavy atom. The molecule has 4 unspecified atom stereocenters. The first-order valence-electron chi connectivity index (χ1n) is 33.3. The van der Waals surface area contributed by atoms with Gasteiger partial charge in [0.1, 0.15) is 61.0 Å². The third-order valence-electron chi connectivity index (χ3n) is 19.2. The van der Waals surface area contributed by atoms with Crippen LogP contribution in [-0.4, -0.2) is 168 Å². The number of aromatic amines is 6. The number of hydrogen-bond donors (Lipinski definition) is 12. The molecule has 6 aromatic rings. The lowest BCUT2D eigenvalue weighted by Crippen LogP contribution is -2.47. The summed E-state index contributed by atoms with van der Waals surface area (Å²) < 4.78 is 54.8. The summed E-state index contributed by atoms with van der Waals surface area (Å²) in [6, 6.07) is 18.9. The first-order valence-corrected chi connectivity index (χ1v) is 38.4. The molecule has 4 aliphatic heterocycles. The predicted molar refractivity (Wildman–Crippen MR) is 368 cm³/mol. The Bertz CT molecular complexity index is 4080. The van der Waals surface area contributed by atoms with E-state index in [2.05, 4.69) is 120 Å². The maximum absolute atomic E-state index is 12.8. The van der Waals surface area contributed by atoms with Crippen molar-refractivity contribution in [1.29, 1.82) is 0 Å². The van der Waals surface area contributed by atoms with Gasteiger partial charge < -0.3 is 68.4 Å². The molecular formula is C67H99FN8O20Si2. The summed E-state index contributed by atoms with van der Waals surface area (Å²) in [5.41, 5.74) is -1.64. The smallest absolute Gasteiger partial charge is 0.328 e. The Labute approximate surface area is 568 Å². The number of rotatable bonds is 16. The summed E-state index contributed by atoms with van der Waals surface area (Å²) >= 11 is 0. The monoisotopic (exact) mass is 1410 g/mol. The highest BCUT2D eigenvalue weighted by atomic mass is 28.4. The Morgan fingerprint density at radius 3 is 1.12 bits per heavy atom. The van der Waals surface area contributed by atoms with E-state index in [-0.39, 0.29) is 64.0 Å². The highest BCUT2D eigenvalue weighted by molar-refractivity contribution is 6.74. The second-order valence-electron chi connectivity index (χ2n) is 27.9. The van der Waals surface area contributed by atoms with E-state index < -0.39 is 143 Å². The number of benzene rings is 2. The van der Waals surface area contributed by atoms with E-state index in [4.69, 9.17) is 39.4 Å². The minimum absolute atomic E-state index is 0.00731. The van der Waals surface area contributed by atoms with E-state index in [1.165, 1.54) is 17.0 Å². The fourth-order valence-corrected chi connectivity index (χ4v) is 14.1. The molecule has 4 aliphatic rings. The zero-order valence-corrected chi connectivity index (χ0v) is 59.9. The van der Waals surface area contributed by atoms with Crippen LogP contribution < -0.4 is 45.0 Å². The van der Waals surface area contributed by atoms with Gasteiger partial charge in [0.25, 0.3) is 22.2 Å². The van der Waals surface area contributed by atoms with Crippen molar-refractivity contribution in [2.24, 2.45) is 11.8 Å². The minimum atomic E-state index is -2.09. The van der Waals surface area contributed by atoms with Gasteiger partial charge in [-0.2, -0.15) is 0 Å². The molecule has 8 heterocycles. The van der Waals surface area contributed by atoms with Crippen LogP contribution in [0.25, 0.3) is 0 Å². The molecule has 10 rings (SSSR count). The Kier molecular flexibility index (Phi) is 27.1. The van der Waals surface area contributed by atoms with Crippen LogP contribution in [0.15, 0.2) is 124 Å². The fraction of sp³-hybridized carbons (Fsp3) is 0.582. The van der Waals surface area contributed by atoms with E-state index in [1.807, 2.05) is 65.6 Å². The maximum Gasteiger partial charge on any atom is 0.328 e. The van der Waals surface area contributed by atoms with Crippen molar-refractivity contribution in [1.82, 2.24) is 39.0 Å². The lowest BCUT2D eigenvalue weighted by Gasteiger charge is -2.40.